The number of hydrogen-bond acceptors (Lipinski definition) is 5. The van der Waals surface area contributed by atoms with Gasteiger partial charge in [0.25, 0.3) is 0 Å². The number of amides is 2. The van der Waals surface area contributed by atoms with Crippen molar-refractivity contribution >= 4 is 12.0 Å². The molecule has 2 amide bonds. The molecule has 1 aromatic carbocycles. The minimum Gasteiger partial charge on any atom is -0.444 e. The summed E-state index contributed by atoms with van der Waals surface area (Å²) in [5, 5.41) is 14.3. The summed E-state index contributed by atoms with van der Waals surface area (Å²) in [5.41, 5.74) is -1.67. The Kier molecular flexibility index (Phi) is 8.24. The molecular weight excluding hydrogens is 465 g/mol. The fourth-order valence-corrected chi connectivity index (χ4v) is 4.93. The van der Waals surface area contributed by atoms with E-state index >= 15 is 0 Å². The van der Waals surface area contributed by atoms with E-state index < -0.39 is 35.3 Å². The average molecular weight is 501 g/mol. The first-order valence-electron chi connectivity index (χ1n) is 12.1. The number of rotatable bonds is 5. The van der Waals surface area contributed by atoms with E-state index in [1.807, 2.05) is 0 Å². The number of hydrogen-bond donors (Lipinski definition) is 2. The molecule has 35 heavy (non-hydrogen) atoms. The van der Waals surface area contributed by atoms with Crippen LogP contribution in [-0.2, 0) is 9.53 Å². The van der Waals surface area contributed by atoms with Crippen LogP contribution in [0.1, 0.15) is 77.2 Å². The number of alkyl halides is 3. The van der Waals surface area contributed by atoms with Crippen LogP contribution >= 0.6 is 0 Å². The molecule has 2 N–H and O–H groups in total. The summed E-state index contributed by atoms with van der Waals surface area (Å²) in [6.45, 7) is 6.03. The lowest BCUT2D eigenvalue weighted by atomic mass is 9.72. The molecule has 1 aliphatic carbocycles. The third-order valence-corrected chi connectivity index (χ3v) is 6.46. The van der Waals surface area contributed by atoms with Crippen LogP contribution in [0.3, 0.4) is 0 Å². The highest BCUT2D eigenvalue weighted by molar-refractivity contribution is 5.85. The van der Waals surface area contributed by atoms with Crippen LogP contribution in [0.5, 0.6) is 5.75 Å². The minimum atomic E-state index is -4.86. The van der Waals surface area contributed by atoms with Crippen LogP contribution in [0, 0.1) is 0 Å². The first kappa shape index (κ1) is 27.1. The van der Waals surface area contributed by atoms with Crippen molar-refractivity contribution in [2.75, 3.05) is 13.1 Å². The van der Waals surface area contributed by atoms with Crippen LogP contribution in [0.15, 0.2) is 24.3 Å². The second-order valence-corrected chi connectivity index (χ2v) is 10.5. The molecule has 0 bridgehead atoms. The highest BCUT2D eigenvalue weighted by atomic mass is 19.4. The van der Waals surface area contributed by atoms with Gasteiger partial charge in [0.1, 0.15) is 11.4 Å². The number of halogens is 3. The smallest absolute Gasteiger partial charge is 0.444 e. The lowest BCUT2D eigenvalue weighted by molar-refractivity contribution is -0.274. The quantitative estimate of drug-likeness (QED) is 0.602. The van der Waals surface area contributed by atoms with Crippen molar-refractivity contribution in [2.45, 2.75) is 95.2 Å². The van der Waals surface area contributed by atoms with Gasteiger partial charge in [0.2, 0.25) is 5.91 Å². The van der Waals surface area contributed by atoms with E-state index in [-0.39, 0.29) is 11.9 Å². The Morgan fingerprint density at radius 1 is 1.11 bits per heavy atom. The lowest BCUT2D eigenvalue weighted by Gasteiger charge is -2.42. The molecule has 0 spiro atoms. The Hall–Kier alpha value is -2.49. The zero-order valence-corrected chi connectivity index (χ0v) is 20.5. The molecule has 1 heterocycles. The second-order valence-electron chi connectivity index (χ2n) is 10.5. The molecule has 1 saturated heterocycles. The molecule has 0 radical (unpaired) electrons. The van der Waals surface area contributed by atoms with Gasteiger partial charge in [-0.1, -0.05) is 31.4 Å². The molecular formula is C25H35F3N2O5. The molecule has 1 atom stereocenters. The van der Waals surface area contributed by atoms with E-state index in [0.29, 0.717) is 44.3 Å². The number of benzene rings is 1. The van der Waals surface area contributed by atoms with E-state index in [9.17, 15) is 27.9 Å². The summed E-state index contributed by atoms with van der Waals surface area (Å²) in [7, 11) is 0. The van der Waals surface area contributed by atoms with Gasteiger partial charge in [-0.15, -0.1) is 13.2 Å². The van der Waals surface area contributed by atoms with Crippen LogP contribution in [0.4, 0.5) is 18.0 Å². The SMILES string of the molecule is CC(C)(C)OC(=O)NC1CCN(C(=O)C(c2cccc(OC(F)(F)F)c2)C2(O)CCCCC2)CC1. The molecule has 0 aromatic heterocycles. The van der Waals surface area contributed by atoms with Gasteiger partial charge in [-0.25, -0.2) is 4.79 Å². The summed E-state index contributed by atoms with van der Waals surface area (Å²) >= 11 is 0. The summed E-state index contributed by atoms with van der Waals surface area (Å²) in [4.78, 5) is 27.4. The highest BCUT2D eigenvalue weighted by Crippen LogP contribution is 2.42. The predicted octanol–water partition coefficient (Wildman–Crippen LogP) is 4.88. The maximum absolute atomic E-state index is 13.7. The molecule has 1 unspecified atom stereocenters. The van der Waals surface area contributed by atoms with Gasteiger partial charge in [0.15, 0.2) is 0 Å². The molecule has 1 aliphatic heterocycles. The van der Waals surface area contributed by atoms with Crippen LogP contribution in [-0.4, -0.2) is 58.7 Å². The molecule has 2 aliphatic rings. The lowest BCUT2D eigenvalue weighted by Crippen LogP contribution is -2.52. The first-order valence-corrected chi connectivity index (χ1v) is 12.1. The van der Waals surface area contributed by atoms with Crippen LogP contribution in [0.25, 0.3) is 0 Å². The van der Waals surface area contributed by atoms with Crippen molar-refractivity contribution in [2.24, 2.45) is 0 Å². The largest absolute Gasteiger partial charge is 0.573 e. The molecule has 7 nitrogen and oxygen atoms in total. The second kappa shape index (κ2) is 10.6. The molecule has 1 saturated carbocycles. The third-order valence-electron chi connectivity index (χ3n) is 6.46. The van der Waals surface area contributed by atoms with Gasteiger partial charge in [0, 0.05) is 19.1 Å². The summed E-state index contributed by atoms with van der Waals surface area (Å²) in [5.74, 6) is -1.75. The number of ether oxygens (including phenoxy) is 2. The molecule has 196 valence electrons. The number of nitrogens with one attached hydrogen (secondary N) is 1. The van der Waals surface area contributed by atoms with Crippen molar-refractivity contribution in [3.8, 4) is 5.75 Å². The fraction of sp³-hybridized carbons (Fsp3) is 0.680. The average Bonchev–Trinajstić information content (AvgIpc) is 2.72. The summed E-state index contributed by atoms with van der Waals surface area (Å²) in [6.07, 6.45) is -1.17. The normalized spacial score (nSPS) is 20.1. The van der Waals surface area contributed by atoms with E-state index in [2.05, 4.69) is 10.1 Å². The number of alkyl carbamates (subject to hydrolysis) is 1. The van der Waals surface area contributed by atoms with Gasteiger partial charge in [-0.3, -0.25) is 4.79 Å². The number of aliphatic hydroxyl groups is 1. The Labute approximate surface area is 204 Å². The van der Waals surface area contributed by atoms with Crippen LogP contribution in [0.2, 0.25) is 0 Å². The van der Waals surface area contributed by atoms with Crippen molar-refractivity contribution in [1.82, 2.24) is 10.2 Å². The van der Waals surface area contributed by atoms with Crippen molar-refractivity contribution < 1.29 is 37.3 Å². The van der Waals surface area contributed by atoms with E-state index in [1.54, 1.807) is 31.7 Å². The number of carbonyl (C=O) groups excluding carboxylic acids is 2. The van der Waals surface area contributed by atoms with Crippen molar-refractivity contribution in [1.29, 1.82) is 0 Å². The maximum atomic E-state index is 13.7. The van der Waals surface area contributed by atoms with Gasteiger partial charge in [0.05, 0.1) is 11.5 Å². The molecule has 2 fully saturated rings. The fourth-order valence-electron chi connectivity index (χ4n) is 4.93. The zero-order valence-electron chi connectivity index (χ0n) is 20.5. The topological polar surface area (TPSA) is 88.1 Å². The van der Waals surface area contributed by atoms with Gasteiger partial charge in [-0.2, -0.15) is 0 Å². The maximum Gasteiger partial charge on any atom is 0.573 e. The summed E-state index contributed by atoms with van der Waals surface area (Å²) in [6, 6.07) is 5.18. The van der Waals surface area contributed by atoms with Gasteiger partial charge < -0.3 is 24.8 Å². The standard InChI is InChI=1S/C25H35F3N2O5/c1-23(2,3)35-22(32)29-18-10-14-30(15-11-18)21(31)20(24(33)12-5-4-6-13-24)17-8-7-9-19(16-17)34-25(26,27)28/h7-9,16,18,20,33H,4-6,10-15H2,1-3H3,(H,29,32). The Bertz CT molecular complexity index is 886. The molecule has 3 rings (SSSR count). The van der Waals surface area contributed by atoms with Gasteiger partial charge >= 0.3 is 12.5 Å². The number of likely N-dealkylation sites (tertiary alicyclic amines) is 1. The highest BCUT2D eigenvalue weighted by Gasteiger charge is 2.45. The zero-order chi connectivity index (χ0) is 25.9. The van der Waals surface area contributed by atoms with E-state index in [1.165, 1.54) is 18.2 Å². The van der Waals surface area contributed by atoms with Gasteiger partial charge in [-0.05, 0) is 64.2 Å². The number of nitrogens with zero attached hydrogens (tertiary/aromatic N) is 1. The molecule has 1 aromatic rings. The Balaban J connectivity index is 1.75. The van der Waals surface area contributed by atoms with Crippen molar-refractivity contribution in [3.63, 3.8) is 0 Å². The third kappa shape index (κ3) is 7.75. The minimum absolute atomic E-state index is 0.159. The number of piperidine rings is 1. The Morgan fingerprint density at radius 3 is 2.31 bits per heavy atom. The summed E-state index contributed by atoms with van der Waals surface area (Å²) < 4.78 is 47.7. The van der Waals surface area contributed by atoms with E-state index in [0.717, 1.165) is 19.3 Å². The first-order chi connectivity index (χ1) is 16.3. The predicted molar refractivity (Wildman–Crippen MR) is 123 cm³/mol. The van der Waals surface area contributed by atoms with E-state index in [4.69, 9.17) is 4.74 Å². The van der Waals surface area contributed by atoms with Crippen LogP contribution < -0.4 is 10.1 Å². The molecule has 10 heteroatoms. The Morgan fingerprint density at radius 2 is 1.74 bits per heavy atom. The number of carbonyl (C=O) groups is 2. The van der Waals surface area contributed by atoms with Crippen molar-refractivity contribution in [3.05, 3.63) is 29.8 Å². The monoisotopic (exact) mass is 500 g/mol.